The molecule has 0 bridgehead atoms. The lowest BCUT2D eigenvalue weighted by Crippen LogP contribution is -2.15. The largest absolute Gasteiger partial charge is 0.397 e. The Morgan fingerprint density at radius 3 is 2.82 bits per heavy atom. The summed E-state index contributed by atoms with van der Waals surface area (Å²) in [5.74, 6) is -0.884. The van der Waals surface area contributed by atoms with E-state index in [1.807, 2.05) is 0 Å². The number of nitrogens with two attached hydrogens (primary N) is 1. The highest BCUT2D eigenvalue weighted by Crippen LogP contribution is 2.13. The highest BCUT2D eigenvalue weighted by Gasteiger charge is 2.10. The molecule has 4 nitrogen and oxygen atoms in total. The minimum atomic E-state index is -0.464. The second kappa shape index (κ2) is 4.61. The van der Waals surface area contributed by atoms with E-state index in [1.165, 1.54) is 24.4 Å². The number of benzene rings is 1. The van der Waals surface area contributed by atoms with Gasteiger partial charge in [-0.2, -0.15) is 0 Å². The maximum absolute atomic E-state index is 12.9. The molecule has 2 rings (SSSR count). The van der Waals surface area contributed by atoms with Gasteiger partial charge in [-0.25, -0.2) is 9.37 Å². The fraction of sp³-hybridized carbons (Fsp3) is 0. The van der Waals surface area contributed by atoms with Crippen molar-refractivity contribution in [2.45, 2.75) is 0 Å². The zero-order valence-corrected chi connectivity index (χ0v) is 8.85. The van der Waals surface area contributed by atoms with Crippen LogP contribution in [0.25, 0.3) is 0 Å². The van der Waals surface area contributed by atoms with Gasteiger partial charge >= 0.3 is 0 Å². The van der Waals surface area contributed by atoms with Gasteiger partial charge in [0.1, 0.15) is 5.82 Å². The van der Waals surface area contributed by atoms with Gasteiger partial charge in [0.05, 0.1) is 5.69 Å². The van der Waals surface area contributed by atoms with Crippen LogP contribution in [0.4, 0.5) is 15.8 Å². The summed E-state index contributed by atoms with van der Waals surface area (Å²) in [5, 5.41) is 2.52. The summed E-state index contributed by atoms with van der Waals surface area (Å²) in [6.45, 7) is 0. The average molecular weight is 231 g/mol. The van der Waals surface area contributed by atoms with Gasteiger partial charge in [0.2, 0.25) is 0 Å². The number of nitrogens with one attached hydrogen (secondary N) is 1. The summed E-state index contributed by atoms with van der Waals surface area (Å²) in [6, 6.07) is 8.82. The number of nitrogens with zero attached hydrogens (tertiary/aromatic N) is 1. The van der Waals surface area contributed by atoms with Crippen LogP contribution in [0.1, 0.15) is 10.5 Å². The maximum atomic E-state index is 12.9. The van der Waals surface area contributed by atoms with Crippen LogP contribution in [0.2, 0.25) is 0 Å². The number of aromatic nitrogens is 1. The summed E-state index contributed by atoms with van der Waals surface area (Å²) in [5.41, 5.74) is 6.37. The van der Waals surface area contributed by atoms with Crippen molar-refractivity contribution in [3.8, 4) is 0 Å². The van der Waals surface area contributed by atoms with Crippen molar-refractivity contribution in [1.82, 2.24) is 4.98 Å². The second-order valence-electron chi connectivity index (χ2n) is 3.41. The zero-order valence-electron chi connectivity index (χ0n) is 8.85. The van der Waals surface area contributed by atoms with Crippen molar-refractivity contribution in [2.75, 3.05) is 11.1 Å². The molecule has 1 heterocycles. The molecule has 0 atom stereocenters. The first kappa shape index (κ1) is 11.1. The standard InChI is InChI=1S/C12H10FN3O/c13-8-3-1-4-9(7-8)16-12(17)11-10(14)5-2-6-15-11/h1-7H,14H2,(H,16,17). The molecule has 1 amide bonds. The van der Waals surface area contributed by atoms with Gasteiger partial charge < -0.3 is 11.1 Å². The lowest BCUT2D eigenvalue weighted by Gasteiger charge is -2.06. The third-order valence-electron chi connectivity index (χ3n) is 2.14. The Balaban J connectivity index is 2.20. The number of carbonyl (C=O) groups excluding carboxylic acids is 1. The summed E-state index contributed by atoms with van der Waals surface area (Å²) < 4.78 is 12.9. The average Bonchev–Trinajstić information content (AvgIpc) is 2.29. The molecule has 0 spiro atoms. The van der Waals surface area contributed by atoms with Gasteiger partial charge in [-0.15, -0.1) is 0 Å². The molecular weight excluding hydrogens is 221 g/mol. The van der Waals surface area contributed by atoms with Crippen molar-refractivity contribution in [2.24, 2.45) is 0 Å². The molecule has 0 aliphatic rings. The molecule has 0 saturated carbocycles. The fourth-order valence-electron chi connectivity index (χ4n) is 1.36. The van der Waals surface area contributed by atoms with E-state index in [0.717, 1.165) is 0 Å². The normalized spacial score (nSPS) is 9.94. The minimum Gasteiger partial charge on any atom is -0.397 e. The molecule has 1 aromatic heterocycles. The number of hydrogen-bond donors (Lipinski definition) is 2. The van der Waals surface area contributed by atoms with Crippen LogP contribution in [0.5, 0.6) is 0 Å². The van der Waals surface area contributed by atoms with Crippen molar-refractivity contribution in [3.05, 3.63) is 54.1 Å². The van der Waals surface area contributed by atoms with Gasteiger partial charge in [0.15, 0.2) is 5.69 Å². The van der Waals surface area contributed by atoms with E-state index in [2.05, 4.69) is 10.3 Å². The van der Waals surface area contributed by atoms with Crippen molar-refractivity contribution < 1.29 is 9.18 Å². The van der Waals surface area contributed by atoms with Crippen LogP contribution in [0.3, 0.4) is 0 Å². The molecule has 5 heteroatoms. The molecular formula is C12H10FN3O. The quantitative estimate of drug-likeness (QED) is 0.831. The Hall–Kier alpha value is -2.43. The Morgan fingerprint density at radius 2 is 2.12 bits per heavy atom. The summed E-state index contributed by atoms with van der Waals surface area (Å²) >= 11 is 0. The number of anilines is 2. The molecule has 17 heavy (non-hydrogen) atoms. The van der Waals surface area contributed by atoms with E-state index in [9.17, 15) is 9.18 Å². The summed E-state index contributed by atoms with van der Waals surface area (Å²) in [6.07, 6.45) is 1.47. The van der Waals surface area contributed by atoms with Crippen LogP contribution < -0.4 is 11.1 Å². The Morgan fingerprint density at radius 1 is 1.29 bits per heavy atom. The lowest BCUT2D eigenvalue weighted by molar-refractivity contribution is 0.102. The van der Waals surface area contributed by atoms with E-state index in [0.29, 0.717) is 5.69 Å². The van der Waals surface area contributed by atoms with Gasteiger partial charge in [0.25, 0.3) is 5.91 Å². The predicted octanol–water partition coefficient (Wildman–Crippen LogP) is 2.06. The molecule has 3 N–H and O–H groups in total. The van der Waals surface area contributed by atoms with Gasteiger partial charge in [-0.1, -0.05) is 6.07 Å². The van der Waals surface area contributed by atoms with Crippen LogP contribution in [-0.4, -0.2) is 10.9 Å². The Bertz CT molecular complexity index is 557. The van der Waals surface area contributed by atoms with E-state index in [1.54, 1.807) is 18.2 Å². The Labute approximate surface area is 97.3 Å². The zero-order chi connectivity index (χ0) is 12.3. The molecule has 2 aromatic rings. The molecule has 0 aliphatic carbocycles. The lowest BCUT2D eigenvalue weighted by atomic mass is 10.2. The molecule has 0 aliphatic heterocycles. The van der Waals surface area contributed by atoms with Crippen LogP contribution in [0, 0.1) is 5.82 Å². The monoisotopic (exact) mass is 231 g/mol. The summed E-state index contributed by atoms with van der Waals surface area (Å²) in [4.78, 5) is 15.6. The fourth-order valence-corrected chi connectivity index (χ4v) is 1.36. The Kier molecular flexibility index (Phi) is 3.00. The molecule has 0 saturated heterocycles. The number of halogens is 1. The van der Waals surface area contributed by atoms with Crippen LogP contribution >= 0.6 is 0 Å². The first-order valence-electron chi connectivity index (χ1n) is 4.94. The summed E-state index contributed by atoms with van der Waals surface area (Å²) in [7, 11) is 0. The number of rotatable bonds is 2. The van der Waals surface area contributed by atoms with Crippen molar-refractivity contribution in [3.63, 3.8) is 0 Å². The van der Waals surface area contributed by atoms with E-state index < -0.39 is 11.7 Å². The molecule has 0 radical (unpaired) electrons. The van der Waals surface area contributed by atoms with E-state index in [4.69, 9.17) is 5.73 Å². The van der Waals surface area contributed by atoms with E-state index in [-0.39, 0.29) is 11.4 Å². The van der Waals surface area contributed by atoms with Crippen LogP contribution in [-0.2, 0) is 0 Å². The molecule has 0 unspecified atom stereocenters. The van der Waals surface area contributed by atoms with Crippen LogP contribution in [0.15, 0.2) is 42.6 Å². The highest BCUT2D eigenvalue weighted by atomic mass is 19.1. The number of carbonyl (C=O) groups is 1. The maximum Gasteiger partial charge on any atom is 0.276 e. The minimum absolute atomic E-state index is 0.122. The van der Waals surface area contributed by atoms with Gasteiger partial charge in [-0.05, 0) is 30.3 Å². The molecule has 86 valence electrons. The van der Waals surface area contributed by atoms with Gasteiger partial charge in [-0.3, -0.25) is 4.79 Å². The molecule has 1 aromatic carbocycles. The number of hydrogen-bond acceptors (Lipinski definition) is 3. The number of amides is 1. The highest BCUT2D eigenvalue weighted by molar-refractivity contribution is 6.06. The third kappa shape index (κ3) is 2.57. The van der Waals surface area contributed by atoms with Gasteiger partial charge in [0, 0.05) is 11.9 Å². The SMILES string of the molecule is Nc1cccnc1C(=O)Nc1cccc(F)c1. The first-order valence-corrected chi connectivity index (χ1v) is 4.94. The van der Waals surface area contributed by atoms with E-state index >= 15 is 0 Å². The number of pyridine rings is 1. The smallest absolute Gasteiger partial charge is 0.276 e. The first-order chi connectivity index (χ1) is 8.16. The van der Waals surface area contributed by atoms with Crippen molar-refractivity contribution in [1.29, 1.82) is 0 Å². The number of nitrogen functional groups attached to an aromatic ring is 1. The second-order valence-corrected chi connectivity index (χ2v) is 3.41. The van der Waals surface area contributed by atoms with Crippen molar-refractivity contribution >= 4 is 17.3 Å². The topological polar surface area (TPSA) is 68.0 Å². The predicted molar refractivity (Wildman–Crippen MR) is 63.0 cm³/mol. The third-order valence-corrected chi connectivity index (χ3v) is 2.14. The molecule has 0 fully saturated rings.